The highest BCUT2D eigenvalue weighted by Gasteiger charge is 2.17. The predicted octanol–water partition coefficient (Wildman–Crippen LogP) is 3.75. The number of sulfonamides is 1. The van der Waals surface area contributed by atoms with Gasteiger partial charge in [-0.1, -0.05) is 23.7 Å². The van der Waals surface area contributed by atoms with Gasteiger partial charge in [0.1, 0.15) is 5.75 Å². The van der Waals surface area contributed by atoms with Crippen molar-refractivity contribution in [1.29, 1.82) is 0 Å². The van der Waals surface area contributed by atoms with Gasteiger partial charge in [-0.05, 0) is 44.2 Å². The largest absolute Gasteiger partial charge is 0.492 e. The molecule has 2 aromatic rings. The van der Waals surface area contributed by atoms with Crippen molar-refractivity contribution in [3.8, 4) is 5.75 Å². The monoisotopic (exact) mass is 382 g/mol. The number of nitrogens with one attached hydrogen (secondary N) is 2. The first kappa shape index (κ1) is 19.1. The molecule has 0 atom stereocenters. The summed E-state index contributed by atoms with van der Waals surface area (Å²) in [6.45, 7) is 3.80. The lowest BCUT2D eigenvalue weighted by Gasteiger charge is -2.14. The second-order valence-electron chi connectivity index (χ2n) is 5.08. The van der Waals surface area contributed by atoms with Gasteiger partial charge in [0.2, 0.25) is 10.0 Å². The van der Waals surface area contributed by atoms with Crippen LogP contribution in [0.5, 0.6) is 5.75 Å². The third-order valence-electron chi connectivity index (χ3n) is 3.31. The topological polar surface area (TPSA) is 84.5 Å². The van der Waals surface area contributed by atoms with Crippen LogP contribution in [0.15, 0.2) is 42.5 Å². The highest BCUT2D eigenvalue weighted by atomic mass is 35.5. The standard InChI is InChI=1S/C17H19ClN2O4S/c1-3-24-16-8-6-5-7-15(16)19-17(21)13-11-12(18)9-10-14(13)20-25(22,23)4-2/h5-11,20H,3-4H2,1-2H3,(H,19,21). The molecule has 0 saturated carbocycles. The van der Waals surface area contributed by atoms with Crippen molar-refractivity contribution in [3.63, 3.8) is 0 Å². The Bertz CT molecular complexity index is 869. The third kappa shape index (κ3) is 5.11. The van der Waals surface area contributed by atoms with Gasteiger partial charge in [0, 0.05) is 5.02 Å². The quantitative estimate of drug-likeness (QED) is 0.763. The van der Waals surface area contributed by atoms with E-state index in [9.17, 15) is 13.2 Å². The maximum Gasteiger partial charge on any atom is 0.257 e. The summed E-state index contributed by atoms with van der Waals surface area (Å²) in [7, 11) is -3.53. The lowest BCUT2D eigenvalue weighted by Crippen LogP contribution is -2.20. The Kier molecular flexibility index (Phi) is 6.27. The molecule has 0 aliphatic carbocycles. The van der Waals surface area contributed by atoms with Crippen LogP contribution in [0.2, 0.25) is 5.02 Å². The summed E-state index contributed by atoms with van der Waals surface area (Å²) < 4.78 is 31.5. The second-order valence-corrected chi connectivity index (χ2v) is 7.53. The minimum atomic E-state index is -3.53. The molecule has 0 aliphatic rings. The molecule has 0 bridgehead atoms. The van der Waals surface area contributed by atoms with Crippen LogP contribution in [0.1, 0.15) is 24.2 Å². The van der Waals surface area contributed by atoms with E-state index in [1.165, 1.54) is 25.1 Å². The van der Waals surface area contributed by atoms with E-state index in [1.807, 2.05) is 6.92 Å². The van der Waals surface area contributed by atoms with Crippen LogP contribution in [0.4, 0.5) is 11.4 Å². The summed E-state index contributed by atoms with van der Waals surface area (Å²) in [5.41, 5.74) is 0.770. The van der Waals surface area contributed by atoms with Gasteiger partial charge in [0.05, 0.1) is 29.3 Å². The molecule has 0 aliphatic heterocycles. The highest BCUT2D eigenvalue weighted by Crippen LogP contribution is 2.27. The Morgan fingerprint density at radius 2 is 1.84 bits per heavy atom. The van der Waals surface area contributed by atoms with Gasteiger partial charge < -0.3 is 10.1 Å². The van der Waals surface area contributed by atoms with Gasteiger partial charge >= 0.3 is 0 Å². The summed E-state index contributed by atoms with van der Waals surface area (Å²) >= 11 is 5.97. The van der Waals surface area contributed by atoms with Crippen molar-refractivity contribution < 1.29 is 17.9 Å². The summed E-state index contributed by atoms with van der Waals surface area (Å²) in [6, 6.07) is 11.4. The van der Waals surface area contributed by atoms with Crippen LogP contribution in [0.3, 0.4) is 0 Å². The van der Waals surface area contributed by atoms with E-state index >= 15 is 0 Å². The first-order chi connectivity index (χ1) is 11.9. The molecule has 0 heterocycles. The molecule has 2 aromatic carbocycles. The van der Waals surface area contributed by atoms with Gasteiger partial charge in [0.15, 0.2) is 0 Å². The number of carbonyl (C=O) groups is 1. The number of anilines is 2. The minimum absolute atomic E-state index is 0.107. The molecule has 0 unspecified atom stereocenters. The van der Waals surface area contributed by atoms with Crippen molar-refractivity contribution in [3.05, 3.63) is 53.1 Å². The van der Waals surface area contributed by atoms with E-state index in [-0.39, 0.29) is 17.0 Å². The highest BCUT2D eigenvalue weighted by molar-refractivity contribution is 7.92. The SMILES string of the molecule is CCOc1ccccc1NC(=O)c1cc(Cl)ccc1NS(=O)(=O)CC. The number of para-hydroxylation sites is 2. The molecule has 2 N–H and O–H groups in total. The predicted molar refractivity (Wildman–Crippen MR) is 100 cm³/mol. The molecule has 0 radical (unpaired) electrons. The third-order valence-corrected chi connectivity index (χ3v) is 4.83. The normalized spacial score (nSPS) is 11.0. The smallest absolute Gasteiger partial charge is 0.257 e. The van der Waals surface area contributed by atoms with Crippen LogP contribution in [-0.4, -0.2) is 26.7 Å². The molecule has 1 amide bonds. The maximum absolute atomic E-state index is 12.7. The van der Waals surface area contributed by atoms with Crippen molar-refractivity contribution in [2.75, 3.05) is 22.4 Å². The van der Waals surface area contributed by atoms with E-state index in [4.69, 9.17) is 16.3 Å². The van der Waals surface area contributed by atoms with Crippen molar-refractivity contribution >= 4 is 38.9 Å². The Balaban J connectivity index is 2.35. The Morgan fingerprint density at radius 3 is 2.52 bits per heavy atom. The zero-order valence-corrected chi connectivity index (χ0v) is 15.4. The lowest BCUT2D eigenvalue weighted by atomic mass is 10.1. The minimum Gasteiger partial charge on any atom is -0.492 e. The fourth-order valence-electron chi connectivity index (χ4n) is 2.07. The maximum atomic E-state index is 12.7. The first-order valence-electron chi connectivity index (χ1n) is 7.69. The number of hydrogen-bond acceptors (Lipinski definition) is 4. The molecule has 0 fully saturated rings. The molecule has 134 valence electrons. The number of carbonyl (C=O) groups excluding carboxylic acids is 1. The van der Waals surface area contributed by atoms with Gasteiger partial charge in [0.25, 0.3) is 5.91 Å². The lowest BCUT2D eigenvalue weighted by molar-refractivity contribution is 0.102. The first-order valence-corrected chi connectivity index (χ1v) is 9.72. The summed E-state index contributed by atoms with van der Waals surface area (Å²) in [4.78, 5) is 12.7. The zero-order valence-electron chi connectivity index (χ0n) is 13.9. The van der Waals surface area contributed by atoms with E-state index in [1.54, 1.807) is 24.3 Å². The molecular formula is C17H19ClN2O4S. The molecule has 8 heteroatoms. The number of halogens is 1. The number of ether oxygens (including phenoxy) is 1. The Hall–Kier alpha value is -2.25. The van der Waals surface area contributed by atoms with Gasteiger partial charge in [-0.25, -0.2) is 8.42 Å². The van der Waals surface area contributed by atoms with Crippen molar-refractivity contribution in [2.45, 2.75) is 13.8 Å². The van der Waals surface area contributed by atoms with Crippen molar-refractivity contribution in [1.82, 2.24) is 0 Å². The van der Waals surface area contributed by atoms with Gasteiger partial charge in [-0.2, -0.15) is 0 Å². The molecule has 0 saturated heterocycles. The molecule has 2 rings (SSSR count). The molecule has 6 nitrogen and oxygen atoms in total. The van der Waals surface area contributed by atoms with Crippen molar-refractivity contribution in [2.24, 2.45) is 0 Å². The average Bonchev–Trinajstić information content (AvgIpc) is 2.58. The Labute approximate surface area is 152 Å². The number of benzene rings is 2. The fraction of sp³-hybridized carbons (Fsp3) is 0.235. The Morgan fingerprint density at radius 1 is 1.12 bits per heavy atom. The van der Waals surface area contributed by atoms with Crippen LogP contribution in [0.25, 0.3) is 0 Å². The number of rotatable bonds is 7. The van der Waals surface area contributed by atoms with E-state index in [2.05, 4.69) is 10.0 Å². The van der Waals surface area contributed by atoms with Crippen LogP contribution >= 0.6 is 11.6 Å². The fourth-order valence-corrected chi connectivity index (χ4v) is 2.90. The van der Waals surface area contributed by atoms with E-state index < -0.39 is 15.9 Å². The van der Waals surface area contributed by atoms with Gasteiger partial charge in [-0.15, -0.1) is 0 Å². The second kappa shape index (κ2) is 8.22. The van der Waals surface area contributed by atoms with Crippen LogP contribution in [-0.2, 0) is 10.0 Å². The van der Waals surface area contributed by atoms with E-state index in [0.29, 0.717) is 23.1 Å². The van der Waals surface area contributed by atoms with E-state index in [0.717, 1.165) is 0 Å². The number of amides is 1. The molecule has 25 heavy (non-hydrogen) atoms. The number of hydrogen-bond donors (Lipinski definition) is 2. The summed E-state index contributed by atoms with van der Waals surface area (Å²) in [6.07, 6.45) is 0. The van der Waals surface area contributed by atoms with Crippen LogP contribution in [0, 0.1) is 0 Å². The average molecular weight is 383 g/mol. The summed E-state index contributed by atoms with van der Waals surface area (Å²) in [5, 5.41) is 3.05. The summed E-state index contributed by atoms with van der Waals surface area (Å²) in [5.74, 6) is -0.0799. The van der Waals surface area contributed by atoms with Crippen LogP contribution < -0.4 is 14.8 Å². The molecular weight excluding hydrogens is 364 g/mol. The molecule has 0 spiro atoms. The van der Waals surface area contributed by atoms with Gasteiger partial charge in [-0.3, -0.25) is 9.52 Å². The molecule has 0 aromatic heterocycles. The zero-order chi connectivity index (χ0) is 18.4.